The number of hydrogen-bond acceptors (Lipinski definition) is 6. The standard InChI is InChI=1S/C15H24N4O2S.2ClH/c1-11-3-2-5-19(8-11)9-12-10-22-15(17-12)18-14(20)13-7-16-4-6-21-13;;/h10-11,13,16H,2-9H2,1H3,(H,17,18,20);2*1H/t11?,13-;;/m1../s1. The molecule has 1 aromatic rings. The van der Waals surface area contributed by atoms with Crippen LogP contribution in [0.2, 0.25) is 0 Å². The van der Waals surface area contributed by atoms with E-state index in [0.717, 1.165) is 37.8 Å². The topological polar surface area (TPSA) is 66.5 Å². The molecule has 0 saturated carbocycles. The number of piperidine rings is 1. The van der Waals surface area contributed by atoms with Crippen LogP contribution >= 0.6 is 36.2 Å². The van der Waals surface area contributed by atoms with Crippen LogP contribution in [0.15, 0.2) is 5.38 Å². The van der Waals surface area contributed by atoms with Crippen molar-refractivity contribution in [2.45, 2.75) is 32.4 Å². The monoisotopic (exact) mass is 396 g/mol. The van der Waals surface area contributed by atoms with Gasteiger partial charge in [-0.15, -0.1) is 36.2 Å². The van der Waals surface area contributed by atoms with Gasteiger partial charge in [0.05, 0.1) is 12.3 Å². The van der Waals surface area contributed by atoms with Gasteiger partial charge in [0.15, 0.2) is 5.13 Å². The first-order valence-electron chi connectivity index (χ1n) is 8.00. The zero-order chi connectivity index (χ0) is 15.4. The van der Waals surface area contributed by atoms with E-state index in [0.29, 0.717) is 18.3 Å². The lowest BCUT2D eigenvalue weighted by atomic mass is 10.0. The second kappa shape index (κ2) is 10.5. The molecule has 9 heteroatoms. The lowest BCUT2D eigenvalue weighted by molar-refractivity contribution is -0.128. The van der Waals surface area contributed by atoms with Crippen LogP contribution < -0.4 is 10.6 Å². The number of carbonyl (C=O) groups excluding carboxylic acids is 1. The third-order valence-corrected chi connectivity index (χ3v) is 4.94. The number of morpholine rings is 1. The van der Waals surface area contributed by atoms with E-state index in [1.807, 2.05) is 5.38 Å². The summed E-state index contributed by atoms with van der Waals surface area (Å²) in [5.41, 5.74) is 1.04. The van der Waals surface area contributed by atoms with Crippen molar-refractivity contribution in [2.24, 2.45) is 5.92 Å². The van der Waals surface area contributed by atoms with Crippen molar-refractivity contribution in [1.82, 2.24) is 15.2 Å². The summed E-state index contributed by atoms with van der Waals surface area (Å²) >= 11 is 1.49. The van der Waals surface area contributed by atoms with Gasteiger partial charge in [0, 0.05) is 31.6 Å². The molecule has 138 valence electrons. The van der Waals surface area contributed by atoms with Gasteiger partial charge in [0.2, 0.25) is 0 Å². The molecular weight excluding hydrogens is 371 g/mol. The van der Waals surface area contributed by atoms with Crippen molar-refractivity contribution in [2.75, 3.05) is 38.1 Å². The van der Waals surface area contributed by atoms with Crippen molar-refractivity contribution in [3.63, 3.8) is 0 Å². The zero-order valence-electron chi connectivity index (χ0n) is 13.8. The van der Waals surface area contributed by atoms with Gasteiger partial charge in [0.25, 0.3) is 5.91 Å². The number of likely N-dealkylation sites (tertiary alicyclic amines) is 1. The highest BCUT2D eigenvalue weighted by Gasteiger charge is 2.23. The van der Waals surface area contributed by atoms with Gasteiger partial charge >= 0.3 is 0 Å². The predicted molar refractivity (Wildman–Crippen MR) is 102 cm³/mol. The molecule has 2 saturated heterocycles. The highest BCUT2D eigenvalue weighted by Crippen LogP contribution is 2.21. The summed E-state index contributed by atoms with van der Waals surface area (Å²) in [6, 6.07) is 0. The van der Waals surface area contributed by atoms with Crippen LogP contribution in [0.5, 0.6) is 0 Å². The van der Waals surface area contributed by atoms with E-state index in [9.17, 15) is 4.79 Å². The van der Waals surface area contributed by atoms with Crippen molar-refractivity contribution in [1.29, 1.82) is 0 Å². The molecule has 2 N–H and O–H groups in total. The molecule has 0 spiro atoms. The van der Waals surface area contributed by atoms with Gasteiger partial charge in [0.1, 0.15) is 6.10 Å². The molecule has 1 amide bonds. The summed E-state index contributed by atoms with van der Waals surface area (Å²) < 4.78 is 5.45. The number of aromatic nitrogens is 1. The molecule has 3 rings (SSSR count). The Hall–Kier alpha value is -0.440. The molecule has 2 aliphatic heterocycles. The maximum atomic E-state index is 12.1. The Kier molecular flexibility index (Phi) is 9.48. The summed E-state index contributed by atoms with van der Waals surface area (Å²) in [7, 11) is 0. The Morgan fingerprint density at radius 2 is 2.38 bits per heavy atom. The molecule has 0 aromatic carbocycles. The molecular formula is C15H26Cl2N4O2S. The van der Waals surface area contributed by atoms with Crippen molar-refractivity contribution >= 4 is 47.2 Å². The van der Waals surface area contributed by atoms with Gasteiger partial charge in [-0.2, -0.15) is 0 Å². The van der Waals surface area contributed by atoms with Crippen LogP contribution in [-0.4, -0.2) is 54.7 Å². The Labute approximate surface area is 159 Å². The Morgan fingerprint density at radius 3 is 3.08 bits per heavy atom. The first-order chi connectivity index (χ1) is 10.7. The minimum absolute atomic E-state index is 0. The normalized spacial score (nSPS) is 24.5. The lowest BCUT2D eigenvalue weighted by Crippen LogP contribution is -2.45. The molecule has 0 bridgehead atoms. The molecule has 1 unspecified atom stereocenters. The van der Waals surface area contributed by atoms with E-state index in [2.05, 4.69) is 27.4 Å². The van der Waals surface area contributed by atoms with Crippen LogP contribution in [0.1, 0.15) is 25.5 Å². The van der Waals surface area contributed by atoms with Gasteiger partial charge in [-0.05, 0) is 25.3 Å². The number of nitrogens with one attached hydrogen (secondary N) is 2. The van der Waals surface area contributed by atoms with Crippen LogP contribution in [0.4, 0.5) is 5.13 Å². The molecule has 3 heterocycles. The van der Waals surface area contributed by atoms with E-state index in [1.165, 1.54) is 24.2 Å². The summed E-state index contributed by atoms with van der Waals surface area (Å²) in [6.45, 7) is 7.41. The zero-order valence-corrected chi connectivity index (χ0v) is 16.3. The maximum Gasteiger partial charge on any atom is 0.256 e. The number of ether oxygens (including phenoxy) is 1. The fraction of sp³-hybridized carbons (Fsp3) is 0.733. The SMILES string of the molecule is CC1CCCN(Cc2csc(NC(=O)[C@H]3CNCCO3)n2)C1.Cl.Cl. The number of amides is 1. The van der Waals surface area contributed by atoms with E-state index in [4.69, 9.17) is 4.74 Å². The maximum absolute atomic E-state index is 12.1. The van der Waals surface area contributed by atoms with Crippen LogP contribution in [0, 0.1) is 5.92 Å². The number of thiazole rings is 1. The second-order valence-corrected chi connectivity index (χ2v) is 7.04. The lowest BCUT2D eigenvalue weighted by Gasteiger charge is -2.30. The largest absolute Gasteiger partial charge is 0.366 e. The molecule has 0 radical (unpaired) electrons. The summed E-state index contributed by atoms with van der Waals surface area (Å²) in [5.74, 6) is 0.655. The van der Waals surface area contributed by atoms with Crippen molar-refractivity contribution in [3.05, 3.63) is 11.1 Å². The number of carbonyl (C=O) groups is 1. The minimum Gasteiger partial charge on any atom is -0.366 e. The number of rotatable bonds is 4. The minimum atomic E-state index is -0.413. The van der Waals surface area contributed by atoms with Gasteiger partial charge in [-0.3, -0.25) is 15.0 Å². The van der Waals surface area contributed by atoms with Gasteiger partial charge in [-0.1, -0.05) is 6.92 Å². The molecule has 1 aromatic heterocycles. The fourth-order valence-corrected chi connectivity index (χ4v) is 3.72. The number of halogens is 2. The average molecular weight is 397 g/mol. The van der Waals surface area contributed by atoms with E-state index in [1.54, 1.807) is 0 Å². The number of nitrogens with zero attached hydrogens (tertiary/aromatic N) is 2. The molecule has 2 fully saturated rings. The van der Waals surface area contributed by atoms with Crippen molar-refractivity contribution in [3.8, 4) is 0 Å². The Balaban J connectivity index is 0.00000144. The second-order valence-electron chi connectivity index (χ2n) is 6.18. The van der Waals surface area contributed by atoms with E-state index >= 15 is 0 Å². The summed E-state index contributed by atoms with van der Waals surface area (Å²) in [6.07, 6.45) is 2.18. The number of hydrogen-bond donors (Lipinski definition) is 2. The Bertz CT molecular complexity index is 511. The van der Waals surface area contributed by atoms with Crippen LogP contribution in [0.25, 0.3) is 0 Å². The first kappa shape index (κ1) is 21.6. The Morgan fingerprint density at radius 1 is 1.54 bits per heavy atom. The quantitative estimate of drug-likeness (QED) is 0.815. The van der Waals surface area contributed by atoms with Crippen molar-refractivity contribution < 1.29 is 9.53 Å². The molecule has 6 nitrogen and oxygen atoms in total. The highest BCUT2D eigenvalue weighted by atomic mass is 35.5. The smallest absolute Gasteiger partial charge is 0.256 e. The third-order valence-electron chi connectivity index (χ3n) is 4.13. The molecule has 24 heavy (non-hydrogen) atoms. The summed E-state index contributed by atoms with van der Waals surface area (Å²) in [4.78, 5) is 19.1. The van der Waals surface area contributed by atoms with Crippen LogP contribution in [-0.2, 0) is 16.1 Å². The van der Waals surface area contributed by atoms with E-state index < -0.39 is 6.10 Å². The highest BCUT2D eigenvalue weighted by molar-refractivity contribution is 7.13. The summed E-state index contributed by atoms with van der Waals surface area (Å²) in [5, 5.41) is 8.72. The van der Waals surface area contributed by atoms with Gasteiger partial charge in [-0.25, -0.2) is 4.98 Å². The molecule has 0 aliphatic carbocycles. The third kappa shape index (κ3) is 6.13. The fourth-order valence-electron chi connectivity index (χ4n) is 3.02. The van der Waals surface area contributed by atoms with Gasteiger partial charge < -0.3 is 10.1 Å². The van der Waals surface area contributed by atoms with Crippen LogP contribution in [0.3, 0.4) is 0 Å². The van der Waals surface area contributed by atoms with E-state index in [-0.39, 0.29) is 30.7 Å². The molecule has 2 atom stereocenters. The first-order valence-corrected chi connectivity index (χ1v) is 8.88. The molecule has 2 aliphatic rings. The number of anilines is 1. The average Bonchev–Trinajstić information content (AvgIpc) is 2.95. The predicted octanol–water partition coefficient (Wildman–Crippen LogP) is 2.15.